The average molecular weight is 862 g/mol. The van der Waals surface area contributed by atoms with Crippen molar-refractivity contribution in [2.45, 2.75) is 70.6 Å². The van der Waals surface area contributed by atoms with Gasteiger partial charge in [-0.15, -0.1) is 9.46 Å². The quantitative estimate of drug-likeness (QED) is 0.181. The van der Waals surface area contributed by atoms with E-state index in [1.54, 1.807) is 44.9 Å². The third-order valence-corrected chi connectivity index (χ3v) is 14.3. The van der Waals surface area contributed by atoms with Crippen LogP contribution in [0.1, 0.15) is 71.9 Å². The monoisotopic (exact) mass is 861 g/mol. The number of anilines is 1. The van der Waals surface area contributed by atoms with E-state index in [2.05, 4.69) is 50.0 Å². The number of hydrogen-bond acceptors (Lipinski definition) is 10. The smallest absolute Gasteiger partial charge is 0.286 e. The van der Waals surface area contributed by atoms with Gasteiger partial charge in [-0.1, -0.05) is 57.0 Å². The molecule has 16 heteroatoms. The maximum absolute atomic E-state index is 15.1. The summed E-state index contributed by atoms with van der Waals surface area (Å²) < 4.78 is 50.2. The van der Waals surface area contributed by atoms with Crippen LogP contribution in [0, 0.1) is 17.8 Å². The maximum Gasteiger partial charge on any atom is 0.286 e. The second-order valence-electron chi connectivity index (χ2n) is 16.4. The zero-order chi connectivity index (χ0) is 42.6. The van der Waals surface area contributed by atoms with Gasteiger partial charge in [-0.3, -0.25) is 19.0 Å². The van der Waals surface area contributed by atoms with Crippen molar-refractivity contribution in [2.24, 2.45) is 29.2 Å². The summed E-state index contributed by atoms with van der Waals surface area (Å²) in [5, 5.41) is 4.90. The zero-order valence-electron chi connectivity index (χ0n) is 35.2. The molecule has 3 aliphatic rings. The number of fused-ring (bicyclic) bond motifs is 3. The molecule has 2 aliphatic heterocycles. The molecule has 0 saturated carbocycles. The Morgan fingerprint density at radius 2 is 1.93 bits per heavy atom. The molecule has 7 rings (SSSR count). The van der Waals surface area contributed by atoms with Gasteiger partial charge >= 0.3 is 0 Å². The van der Waals surface area contributed by atoms with E-state index in [0.29, 0.717) is 43.6 Å². The van der Waals surface area contributed by atoms with Crippen LogP contribution in [0.4, 0.5) is 5.69 Å². The number of methoxy groups -OCH3 is 2. The van der Waals surface area contributed by atoms with E-state index in [0.717, 1.165) is 31.4 Å². The van der Waals surface area contributed by atoms with E-state index in [4.69, 9.17) is 30.5 Å². The minimum Gasteiger partial charge on any atom is -0.490 e. The molecule has 0 fully saturated rings. The number of nitrogens with one attached hydrogen (secondary N) is 1. The summed E-state index contributed by atoms with van der Waals surface area (Å²) in [5.74, 6) is -1.24. The first-order valence-corrected chi connectivity index (χ1v) is 22.7. The van der Waals surface area contributed by atoms with Gasteiger partial charge in [-0.2, -0.15) is 0 Å². The summed E-state index contributed by atoms with van der Waals surface area (Å²) in [6.45, 7) is 8.90. The molecule has 2 aromatic heterocycles. The molecule has 0 radical (unpaired) electrons. The number of carbonyl (C=O) groups is 2. The Kier molecular flexibility index (Phi) is 13.4. The van der Waals surface area contributed by atoms with Crippen LogP contribution in [0.5, 0.6) is 11.6 Å². The minimum atomic E-state index is -3.81. The molecule has 4 heterocycles. The van der Waals surface area contributed by atoms with Crippen molar-refractivity contribution in [1.29, 1.82) is 0 Å². The van der Waals surface area contributed by atoms with Crippen molar-refractivity contribution in [2.75, 3.05) is 51.2 Å². The fourth-order valence-electron chi connectivity index (χ4n) is 9.14. The van der Waals surface area contributed by atoms with Gasteiger partial charge in [-0.05, 0) is 72.6 Å². The fourth-order valence-corrected chi connectivity index (χ4v) is 11.2. The predicted octanol–water partition coefficient (Wildman–Crippen LogP) is 6.67. The topological polar surface area (TPSA) is 151 Å². The van der Waals surface area contributed by atoms with Gasteiger partial charge in [0.25, 0.3) is 11.8 Å². The average Bonchev–Trinajstić information content (AvgIpc) is 3.86. The van der Waals surface area contributed by atoms with Gasteiger partial charge in [0.1, 0.15) is 21.2 Å². The molecule has 1 spiro atoms. The van der Waals surface area contributed by atoms with Gasteiger partial charge < -0.3 is 28.4 Å². The number of benzene rings is 2. The summed E-state index contributed by atoms with van der Waals surface area (Å²) in [5.41, 5.74) is 3.15. The standard InChI is InChI=1S/C44H56ClN7O7S/c1-7-34-29(2)23-52-26-44(16-8-9-31-21-33(45)11-12-36(31)44)27-59-40-13-10-32(22-37(40)52)41(53)48-60(55,49-42(54)35-24-50(4)47-43(35)57-6)25-30(3)38(14-15-39(34)56-5)58-20-19-51-18-17-46-28-51/h10-15,17-18,21-22,24,28-30,34,38-39H,7-9,16,19-20,23,25-27H2,1-6H3,(H,48,49,53,54,55)/b15-14+/t29-,30+,34+,38-,39-,44-,60?/m0/s1. The molecule has 2 aromatic carbocycles. The normalized spacial score (nSPS) is 27.6. The minimum absolute atomic E-state index is 0.0480. The van der Waals surface area contributed by atoms with E-state index in [1.807, 2.05) is 35.9 Å². The number of rotatable bonds is 9. The molecule has 2 bridgehead atoms. The Morgan fingerprint density at radius 3 is 2.68 bits per heavy atom. The first-order valence-electron chi connectivity index (χ1n) is 20.6. The molecule has 14 nitrogen and oxygen atoms in total. The first kappa shape index (κ1) is 43.4. The van der Waals surface area contributed by atoms with E-state index in [1.165, 1.54) is 29.1 Å². The van der Waals surface area contributed by atoms with Crippen LogP contribution >= 0.6 is 11.6 Å². The zero-order valence-corrected chi connectivity index (χ0v) is 36.8. The molecular weight excluding hydrogens is 806 g/mol. The number of amides is 2. The lowest BCUT2D eigenvalue weighted by atomic mass is 9.70. The Bertz CT molecular complexity index is 2320. The van der Waals surface area contributed by atoms with Gasteiger partial charge in [0.15, 0.2) is 0 Å². The highest BCUT2D eigenvalue weighted by Gasteiger charge is 2.43. The van der Waals surface area contributed by atoms with Crippen LogP contribution in [0.2, 0.25) is 5.02 Å². The molecule has 1 aliphatic carbocycles. The highest BCUT2D eigenvalue weighted by Crippen LogP contribution is 2.45. The second-order valence-corrected chi connectivity index (χ2v) is 18.8. The molecule has 1 N–H and O–H groups in total. The third kappa shape index (κ3) is 9.44. The fraction of sp³-hybridized carbons (Fsp3) is 0.500. The van der Waals surface area contributed by atoms with Crippen molar-refractivity contribution in [1.82, 2.24) is 24.1 Å². The Labute approximate surface area is 357 Å². The number of halogens is 1. The molecular formula is C44H56ClN7O7S. The van der Waals surface area contributed by atoms with Gasteiger partial charge in [0, 0.05) is 74.3 Å². The Morgan fingerprint density at radius 1 is 1.12 bits per heavy atom. The number of imidazole rings is 1. The highest BCUT2D eigenvalue weighted by molar-refractivity contribution is 7.92. The van der Waals surface area contributed by atoms with E-state index in [-0.39, 0.29) is 46.1 Å². The molecule has 60 heavy (non-hydrogen) atoms. The summed E-state index contributed by atoms with van der Waals surface area (Å²) in [6.07, 6.45) is 13.6. The van der Waals surface area contributed by atoms with Crippen molar-refractivity contribution in [3.8, 4) is 11.6 Å². The summed E-state index contributed by atoms with van der Waals surface area (Å²) in [7, 11) is 0.958. The Balaban J connectivity index is 1.33. The highest BCUT2D eigenvalue weighted by atomic mass is 35.5. The number of carbonyl (C=O) groups excluding carboxylic acids is 2. The maximum atomic E-state index is 15.1. The third-order valence-electron chi connectivity index (χ3n) is 12.2. The Hall–Kier alpha value is -4.70. The van der Waals surface area contributed by atoms with Crippen LogP contribution in [-0.2, 0) is 44.8 Å². The lowest BCUT2D eigenvalue weighted by Gasteiger charge is -2.42. The summed E-state index contributed by atoms with van der Waals surface area (Å²) in [6, 6.07) is 11.4. The largest absolute Gasteiger partial charge is 0.490 e. The van der Waals surface area contributed by atoms with Gasteiger partial charge in [0.05, 0.1) is 50.3 Å². The van der Waals surface area contributed by atoms with Crippen molar-refractivity contribution in [3.63, 3.8) is 0 Å². The second kappa shape index (κ2) is 18.5. The number of aryl methyl sites for hydroxylation is 2. The first-order chi connectivity index (χ1) is 28.8. The van der Waals surface area contributed by atoms with E-state index in [9.17, 15) is 9.59 Å². The van der Waals surface area contributed by atoms with Crippen molar-refractivity contribution < 1.29 is 32.7 Å². The number of nitrogens with zero attached hydrogens (tertiary/aromatic N) is 6. The molecule has 1 unspecified atom stereocenters. The van der Waals surface area contributed by atoms with Crippen LogP contribution in [0.25, 0.3) is 0 Å². The lowest BCUT2D eigenvalue weighted by molar-refractivity contribution is 0.0442. The van der Waals surface area contributed by atoms with Gasteiger partial charge in [-0.25, -0.2) is 9.19 Å². The summed E-state index contributed by atoms with van der Waals surface area (Å²) >= 11 is 6.51. The molecule has 2 amide bonds. The van der Waals surface area contributed by atoms with Crippen LogP contribution in [-0.4, -0.2) is 93.8 Å². The van der Waals surface area contributed by atoms with E-state index >= 15 is 4.21 Å². The number of hydrogen-bond donors (Lipinski definition) is 1. The molecule has 0 saturated heterocycles. The van der Waals surface area contributed by atoms with Crippen LogP contribution in [0.15, 0.2) is 77.8 Å². The van der Waals surface area contributed by atoms with Crippen LogP contribution < -0.4 is 19.1 Å². The molecule has 7 atom stereocenters. The number of ether oxygens (including phenoxy) is 4. The summed E-state index contributed by atoms with van der Waals surface area (Å²) in [4.78, 5) is 34.7. The number of aromatic nitrogens is 4. The van der Waals surface area contributed by atoms with Crippen LogP contribution in [0.3, 0.4) is 0 Å². The predicted molar refractivity (Wildman–Crippen MR) is 231 cm³/mol. The van der Waals surface area contributed by atoms with Gasteiger partial charge in [0.2, 0.25) is 5.88 Å². The SMILES string of the molecule is CC[C@H]1[C@@H](OC)/C=C/[C@H](OCCn2ccnc2)[C@H](C)CS(=O)(NC(=O)c2cn(C)nc2OC)=NC(=O)c2ccc3c(c2)N(C[C@@H]1C)C[C@@]1(CCCc2cc(Cl)ccc21)CO3. The molecule has 322 valence electrons. The molecule has 4 aromatic rings. The van der Waals surface area contributed by atoms with Crippen molar-refractivity contribution >= 4 is 39.0 Å². The van der Waals surface area contributed by atoms with E-state index < -0.39 is 33.8 Å². The van der Waals surface area contributed by atoms with Crippen molar-refractivity contribution in [3.05, 3.63) is 101 Å². The lowest BCUT2D eigenvalue weighted by Crippen LogP contribution is -2.47.